The number of hydrogen-bond acceptors (Lipinski definition) is 9. The molecule has 0 aliphatic carbocycles. The fraction of sp³-hybridized carbons (Fsp3) is 0. The molecule has 2 aromatic carbocycles. The van der Waals surface area contributed by atoms with Gasteiger partial charge in [0.25, 0.3) is 10.0 Å². The summed E-state index contributed by atoms with van der Waals surface area (Å²) in [4.78, 5) is 12.2. The molecule has 11 heteroatoms. The van der Waals surface area contributed by atoms with E-state index in [1.165, 1.54) is 36.9 Å². The number of nitrogens with zero attached hydrogens (tertiary/aromatic N) is 5. The highest BCUT2D eigenvalue weighted by molar-refractivity contribution is 7.93. The van der Waals surface area contributed by atoms with Crippen molar-refractivity contribution < 1.29 is 13.2 Å². The highest BCUT2D eigenvalue weighted by atomic mass is 32.2. The lowest BCUT2D eigenvalue weighted by atomic mass is 10.1. The SMILES string of the molecule is N#Cc1cc(S(=O)(=O)Nc2ncns2)ccc1Oc1nccnc1-c1ccccc1. The monoisotopic (exact) mass is 436 g/mol. The van der Waals surface area contributed by atoms with Crippen molar-refractivity contribution in [1.29, 1.82) is 5.26 Å². The Hall–Kier alpha value is -3.88. The smallest absolute Gasteiger partial charge is 0.263 e. The average Bonchev–Trinajstić information content (AvgIpc) is 3.27. The number of anilines is 1. The summed E-state index contributed by atoms with van der Waals surface area (Å²) < 4.78 is 36.9. The number of hydrogen-bond donors (Lipinski definition) is 1. The maximum Gasteiger partial charge on any atom is 0.263 e. The van der Waals surface area contributed by atoms with Gasteiger partial charge in [0, 0.05) is 29.5 Å². The number of ether oxygens (including phenoxy) is 1. The van der Waals surface area contributed by atoms with Gasteiger partial charge in [-0.05, 0) is 18.2 Å². The van der Waals surface area contributed by atoms with Crippen LogP contribution in [0.15, 0.2) is 72.1 Å². The topological polar surface area (TPSA) is 131 Å². The van der Waals surface area contributed by atoms with Gasteiger partial charge in [-0.15, -0.1) is 0 Å². The van der Waals surface area contributed by atoms with Crippen LogP contribution in [0.1, 0.15) is 5.56 Å². The Kier molecular flexibility index (Phi) is 5.34. The second kappa shape index (κ2) is 8.24. The molecule has 148 valence electrons. The first-order valence-corrected chi connectivity index (χ1v) is 10.7. The van der Waals surface area contributed by atoms with Crippen molar-refractivity contribution in [2.45, 2.75) is 4.90 Å². The number of nitrogens with one attached hydrogen (secondary N) is 1. The lowest BCUT2D eigenvalue weighted by molar-refractivity contribution is 0.460. The van der Waals surface area contributed by atoms with E-state index in [9.17, 15) is 13.7 Å². The fourth-order valence-corrected chi connectivity index (χ4v) is 4.23. The van der Waals surface area contributed by atoms with Gasteiger partial charge in [0.05, 0.1) is 10.5 Å². The Morgan fingerprint density at radius 2 is 1.83 bits per heavy atom. The Balaban J connectivity index is 1.67. The Morgan fingerprint density at radius 3 is 2.57 bits per heavy atom. The van der Waals surface area contributed by atoms with Gasteiger partial charge in [-0.1, -0.05) is 30.3 Å². The van der Waals surface area contributed by atoms with Gasteiger partial charge in [0.1, 0.15) is 23.8 Å². The number of rotatable bonds is 6. The van der Waals surface area contributed by atoms with Crippen molar-refractivity contribution in [2.24, 2.45) is 0 Å². The third-order valence-electron chi connectivity index (χ3n) is 3.88. The first-order valence-electron chi connectivity index (χ1n) is 8.45. The first-order chi connectivity index (χ1) is 14.6. The van der Waals surface area contributed by atoms with Gasteiger partial charge in [0.15, 0.2) is 0 Å². The molecule has 1 N–H and O–H groups in total. The second-order valence-electron chi connectivity index (χ2n) is 5.80. The number of nitriles is 1. The lowest BCUT2D eigenvalue weighted by Gasteiger charge is -2.11. The second-order valence-corrected chi connectivity index (χ2v) is 8.26. The first kappa shape index (κ1) is 19.4. The average molecular weight is 436 g/mol. The summed E-state index contributed by atoms with van der Waals surface area (Å²) in [6.07, 6.45) is 4.25. The van der Waals surface area contributed by atoms with E-state index < -0.39 is 10.0 Å². The summed E-state index contributed by atoms with van der Waals surface area (Å²) in [6, 6.07) is 15.2. The molecule has 0 fully saturated rings. The molecule has 2 heterocycles. The molecule has 4 aromatic rings. The maximum absolute atomic E-state index is 12.5. The van der Waals surface area contributed by atoms with Crippen LogP contribution >= 0.6 is 11.5 Å². The zero-order valence-corrected chi connectivity index (χ0v) is 16.8. The number of aromatic nitrogens is 4. The molecule has 9 nitrogen and oxygen atoms in total. The van der Waals surface area contributed by atoms with Gasteiger partial charge >= 0.3 is 0 Å². The van der Waals surface area contributed by atoms with E-state index in [0.29, 0.717) is 5.69 Å². The fourth-order valence-electron chi connectivity index (χ4n) is 2.54. The molecule has 0 aliphatic rings. The van der Waals surface area contributed by atoms with Crippen LogP contribution in [0.4, 0.5) is 5.13 Å². The summed E-state index contributed by atoms with van der Waals surface area (Å²) in [5, 5.41) is 9.65. The molecule has 30 heavy (non-hydrogen) atoms. The molecule has 2 aromatic heterocycles. The Labute approximate surface area is 175 Å². The quantitative estimate of drug-likeness (QED) is 0.486. The van der Waals surface area contributed by atoms with E-state index in [0.717, 1.165) is 17.1 Å². The van der Waals surface area contributed by atoms with Crippen molar-refractivity contribution in [1.82, 2.24) is 19.3 Å². The third kappa shape index (κ3) is 4.09. The Morgan fingerprint density at radius 1 is 1.03 bits per heavy atom. The molecule has 0 aliphatic heterocycles. The molecule has 4 rings (SSSR count). The highest BCUT2D eigenvalue weighted by Crippen LogP contribution is 2.32. The standard InChI is InChI=1S/C19H12N6O3S2/c20-11-14-10-15(30(26,27)25-19-23-12-24-29-19)6-7-16(14)28-18-17(21-8-9-22-18)13-4-2-1-3-5-13/h1-10,12H,(H,23,24,25). The molecule has 0 bridgehead atoms. The summed E-state index contributed by atoms with van der Waals surface area (Å²) in [5.41, 5.74) is 1.32. The van der Waals surface area contributed by atoms with Crippen LogP contribution in [0.2, 0.25) is 0 Å². The lowest BCUT2D eigenvalue weighted by Crippen LogP contribution is -2.13. The van der Waals surface area contributed by atoms with E-state index in [4.69, 9.17) is 4.74 Å². The van der Waals surface area contributed by atoms with E-state index in [-0.39, 0.29) is 27.2 Å². The summed E-state index contributed by atoms with van der Waals surface area (Å²) in [6.45, 7) is 0. The predicted molar refractivity (Wildman–Crippen MR) is 109 cm³/mol. The maximum atomic E-state index is 12.5. The van der Waals surface area contributed by atoms with Crippen molar-refractivity contribution in [3.8, 4) is 29.0 Å². The van der Waals surface area contributed by atoms with Crippen LogP contribution in [0.3, 0.4) is 0 Å². The van der Waals surface area contributed by atoms with Gasteiger partial charge in [0.2, 0.25) is 11.0 Å². The summed E-state index contributed by atoms with van der Waals surface area (Å²) >= 11 is 0.903. The molecule has 0 saturated heterocycles. The van der Waals surface area contributed by atoms with Gasteiger partial charge in [-0.3, -0.25) is 4.72 Å². The van der Waals surface area contributed by atoms with Crippen LogP contribution in [0.5, 0.6) is 11.6 Å². The van der Waals surface area contributed by atoms with Crippen LogP contribution in [0, 0.1) is 11.3 Å². The Bertz CT molecular complexity index is 1320. The molecular formula is C19H12N6O3S2. The number of sulfonamides is 1. The molecule has 0 atom stereocenters. The van der Waals surface area contributed by atoms with E-state index >= 15 is 0 Å². The molecule has 0 spiro atoms. The van der Waals surface area contributed by atoms with Gasteiger partial charge < -0.3 is 4.74 Å². The predicted octanol–water partition coefficient (Wildman–Crippen LogP) is 3.46. The summed E-state index contributed by atoms with van der Waals surface area (Å²) in [5.74, 6) is 0.354. The minimum absolute atomic E-state index is 0.0276. The molecule has 0 saturated carbocycles. The number of benzene rings is 2. The molecular weight excluding hydrogens is 424 g/mol. The van der Waals surface area contributed by atoms with Gasteiger partial charge in [-0.25, -0.2) is 23.4 Å². The van der Waals surface area contributed by atoms with Crippen LogP contribution < -0.4 is 9.46 Å². The minimum Gasteiger partial charge on any atom is -0.436 e. The van der Waals surface area contributed by atoms with Crippen molar-refractivity contribution in [3.63, 3.8) is 0 Å². The van der Waals surface area contributed by atoms with Crippen molar-refractivity contribution in [2.75, 3.05) is 4.72 Å². The zero-order valence-electron chi connectivity index (χ0n) is 15.1. The van der Waals surface area contributed by atoms with Crippen LogP contribution in [-0.4, -0.2) is 27.7 Å². The summed E-state index contributed by atoms with van der Waals surface area (Å²) in [7, 11) is -3.93. The normalized spacial score (nSPS) is 10.9. The third-order valence-corrected chi connectivity index (χ3v) is 5.93. The van der Waals surface area contributed by atoms with E-state index in [2.05, 4.69) is 24.0 Å². The van der Waals surface area contributed by atoms with Gasteiger partial charge in [-0.2, -0.15) is 9.64 Å². The van der Waals surface area contributed by atoms with E-state index in [1.54, 1.807) is 0 Å². The molecule has 0 radical (unpaired) electrons. The van der Waals surface area contributed by atoms with Crippen LogP contribution in [0.25, 0.3) is 11.3 Å². The largest absolute Gasteiger partial charge is 0.436 e. The minimum atomic E-state index is -3.93. The van der Waals surface area contributed by atoms with Crippen molar-refractivity contribution in [3.05, 3.63) is 72.8 Å². The zero-order chi connectivity index (χ0) is 21.0. The highest BCUT2D eigenvalue weighted by Gasteiger charge is 2.19. The van der Waals surface area contributed by atoms with Crippen LogP contribution in [-0.2, 0) is 10.0 Å². The molecule has 0 amide bonds. The van der Waals surface area contributed by atoms with E-state index in [1.807, 2.05) is 36.4 Å². The molecule has 0 unspecified atom stereocenters. The van der Waals surface area contributed by atoms with Crippen molar-refractivity contribution >= 4 is 26.7 Å².